The lowest BCUT2D eigenvalue weighted by Crippen LogP contribution is -2.25. The minimum atomic E-state index is 0.281. The predicted molar refractivity (Wildman–Crippen MR) is 76.5 cm³/mol. The van der Waals surface area contributed by atoms with E-state index in [9.17, 15) is 0 Å². The zero-order valence-corrected chi connectivity index (χ0v) is 11.8. The summed E-state index contributed by atoms with van der Waals surface area (Å²) in [6, 6.07) is 0. The van der Waals surface area contributed by atoms with Gasteiger partial charge in [0.1, 0.15) is 5.82 Å². The molecular formula is C13H18ClN5. The number of aromatic amines is 1. The molecule has 1 unspecified atom stereocenters. The van der Waals surface area contributed by atoms with Crippen LogP contribution in [0.5, 0.6) is 0 Å². The first-order valence-electron chi connectivity index (χ1n) is 6.89. The van der Waals surface area contributed by atoms with Crippen molar-refractivity contribution in [2.45, 2.75) is 32.6 Å². The Morgan fingerprint density at radius 3 is 3.11 bits per heavy atom. The summed E-state index contributed by atoms with van der Waals surface area (Å²) in [7, 11) is 0. The third-order valence-corrected chi connectivity index (χ3v) is 4.16. The molecule has 0 spiro atoms. The van der Waals surface area contributed by atoms with E-state index in [4.69, 9.17) is 11.6 Å². The van der Waals surface area contributed by atoms with Gasteiger partial charge in [0.15, 0.2) is 5.65 Å². The minimum absolute atomic E-state index is 0.281. The molecule has 6 heteroatoms. The molecule has 0 saturated carbocycles. The van der Waals surface area contributed by atoms with Crippen molar-refractivity contribution in [2.24, 2.45) is 5.92 Å². The largest absolute Gasteiger partial charge is 0.356 e. The molecule has 1 atom stereocenters. The first kappa shape index (κ1) is 12.7. The number of nitrogens with zero attached hydrogens (tertiary/aromatic N) is 4. The second-order valence-corrected chi connectivity index (χ2v) is 5.48. The highest BCUT2D eigenvalue weighted by Gasteiger charge is 2.20. The summed E-state index contributed by atoms with van der Waals surface area (Å²) < 4.78 is 0. The molecule has 1 aliphatic heterocycles. The van der Waals surface area contributed by atoms with Crippen molar-refractivity contribution in [2.75, 3.05) is 18.0 Å². The van der Waals surface area contributed by atoms with Gasteiger partial charge >= 0.3 is 0 Å². The zero-order valence-electron chi connectivity index (χ0n) is 11.1. The molecule has 0 bridgehead atoms. The van der Waals surface area contributed by atoms with E-state index in [0.717, 1.165) is 30.2 Å². The van der Waals surface area contributed by atoms with Crippen molar-refractivity contribution < 1.29 is 0 Å². The first-order valence-corrected chi connectivity index (χ1v) is 7.27. The molecule has 102 valence electrons. The maximum Gasteiger partial charge on any atom is 0.226 e. The molecule has 1 aliphatic rings. The number of H-pyrrole nitrogens is 1. The molecule has 0 radical (unpaired) electrons. The molecule has 0 aliphatic carbocycles. The Morgan fingerprint density at radius 2 is 2.26 bits per heavy atom. The normalized spacial score (nSPS) is 20.7. The van der Waals surface area contributed by atoms with Crippen molar-refractivity contribution in [1.29, 1.82) is 0 Å². The topological polar surface area (TPSA) is 57.7 Å². The summed E-state index contributed by atoms with van der Waals surface area (Å²) in [5.41, 5.74) is 0.714. The van der Waals surface area contributed by atoms with Crippen molar-refractivity contribution in [3.63, 3.8) is 0 Å². The quantitative estimate of drug-likeness (QED) is 0.859. The van der Waals surface area contributed by atoms with Gasteiger partial charge in [0.2, 0.25) is 5.28 Å². The van der Waals surface area contributed by atoms with Crippen molar-refractivity contribution in [1.82, 2.24) is 20.2 Å². The van der Waals surface area contributed by atoms with Gasteiger partial charge in [-0.3, -0.25) is 5.10 Å². The van der Waals surface area contributed by atoms with E-state index in [-0.39, 0.29) is 5.28 Å². The molecule has 0 amide bonds. The second-order valence-electron chi connectivity index (χ2n) is 5.14. The van der Waals surface area contributed by atoms with Gasteiger partial charge in [-0.25, -0.2) is 0 Å². The van der Waals surface area contributed by atoms with Gasteiger partial charge in [-0.1, -0.05) is 13.3 Å². The van der Waals surface area contributed by atoms with Crippen LogP contribution in [0.2, 0.25) is 5.28 Å². The molecule has 2 aromatic rings. The van der Waals surface area contributed by atoms with Gasteiger partial charge in [0, 0.05) is 13.1 Å². The van der Waals surface area contributed by atoms with Crippen LogP contribution in [-0.2, 0) is 0 Å². The SMILES string of the molecule is CCC1CCCN(c2nc(Cl)nc3[nH]ncc23)CC1. The molecule has 19 heavy (non-hydrogen) atoms. The third-order valence-electron chi connectivity index (χ3n) is 3.99. The van der Waals surface area contributed by atoms with Crippen molar-refractivity contribution in [3.8, 4) is 0 Å². The monoisotopic (exact) mass is 279 g/mol. The van der Waals surface area contributed by atoms with E-state index in [1.165, 1.54) is 25.7 Å². The molecule has 3 heterocycles. The Morgan fingerprint density at radius 1 is 1.37 bits per heavy atom. The lowest BCUT2D eigenvalue weighted by molar-refractivity contribution is 0.459. The van der Waals surface area contributed by atoms with Crippen molar-refractivity contribution >= 4 is 28.5 Å². The van der Waals surface area contributed by atoms with E-state index in [0.29, 0.717) is 5.65 Å². The third kappa shape index (κ3) is 2.52. The molecule has 5 nitrogen and oxygen atoms in total. The Labute approximate surface area is 117 Å². The van der Waals surface area contributed by atoms with Crippen LogP contribution in [0.1, 0.15) is 32.6 Å². The first-order chi connectivity index (χ1) is 9.28. The predicted octanol–water partition coefficient (Wildman–Crippen LogP) is 3.02. The molecule has 1 N–H and O–H groups in total. The highest BCUT2D eigenvalue weighted by atomic mass is 35.5. The number of nitrogens with one attached hydrogen (secondary N) is 1. The van der Waals surface area contributed by atoms with Crippen LogP contribution in [0.25, 0.3) is 11.0 Å². The molecular weight excluding hydrogens is 262 g/mol. The fraction of sp³-hybridized carbons (Fsp3) is 0.615. The maximum atomic E-state index is 6.00. The van der Waals surface area contributed by atoms with Crippen LogP contribution < -0.4 is 4.90 Å². The Bertz CT molecular complexity index is 567. The minimum Gasteiger partial charge on any atom is -0.356 e. The van der Waals surface area contributed by atoms with E-state index in [1.807, 2.05) is 0 Å². The molecule has 1 fully saturated rings. The number of halogens is 1. The van der Waals surface area contributed by atoms with E-state index in [2.05, 4.69) is 32.0 Å². The highest BCUT2D eigenvalue weighted by Crippen LogP contribution is 2.28. The average molecular weight is 280 g/mol. The number of fused-ring (bicyclic) bond motifs is 1. The van der Waals surface area contributed by atoms with Crippen LogP contribution in [0.15, 0.2) is 6.20 Å². The standard InChI is InChI=1S/C13H18ClN5/c1-2-9-4-3-6-19(7-5-9)12-10-8-15-18-11(10)16-13(14)17-12/h8-9H,2-7H2,1H3,(H,15,16,17,18). The van der Waals surface area contributed by atoms with Gasteiger partial charge in [-0.15, -0.1) is 0 Å². The molecule has 0 aromatic carbocycles. The van der Waals surface area contributed by atoms with Gasteiger partial charge in [0.25, 0.3) is 0 Å². The Balaban J connectivity index is 1.93. The summed E-state index contributed by atoms with van der Waals surface area (Å²) in [6.45, 7) is 4.34. The average Bonchev–Trinajstić information content (AvgIpc) is 2.74. The smallest absolute Gasteiger partial charge is 0.226 e. The van der Waals surface area contributed by atoms with Crippen LogP contribution in [-0.4, -0.2) is 33.3 Å². The number of hydrogen-bond acceptors (Lipinski definition) is 4. The molecule has 3 rings (SSSR count). The summed E-state index contributed by atoms with van der Waals surface area (Å²) in [6.07, 6.45) is 6.78. The van der Waals surface area contributed by atoms with Crippen LogP contribution in [0, 0.1) is 5.92 Å². The lowest BCUT2D eigenvalue weighted by Gasteiger charge is -2.22. The fourth-order valence-corrected chi connectivity index (χ4v) is 2.98. The Hall–Kier alpha value is -1.36. The summed E-state index contributed by atoms with van der Waals surface area (Å²) in [5.74, 6) is 1.75. The second kappa shape index (κ2) is 5.33. The van der Waals surface area contributed by atoms with Gasteiger partial charge in [-0.05, 0) is 36.8 Å². The number of aromatic nitrogens is 4. The fourth-order valence-electron chi connectivity index (χ4n) is 2.82. The number of rotatable bonds is 2. The van der Waals surface area contributed by atoms with E-state index >= 15 is 0 Å². The van der Waals surface area contributed by atoms with E-state index < -0.39 is 0 Å². The summed E-state index contributed by atoms with van der Waals surface area (Å²) in [4.78, 5) is 10.9. The van der Waals surface area contributed by atoms with E-state index in [1.54, 1.807) is 6.20 Å². The summed E-state index contributed by atoms with van der Waals surface area (Å²) in [5, 5.41) is 8.14. The Kier molecular flexibility index (Phi) is 3.55. The highest BCUT2D eigenvalue weighted by molar-refractivity contribution is 6.28. The van der Waals surface area contributed by atoms with Gasteiger partial charge in [0.05, 0.1) is 11.6 Å². The van der Waals surface area contributed by atoms with Crippen LogP contribution in [0.4, 0.5) is 5.82 Å². The number of hydrogen-bond donors (Lipinski definition) is 1. The molecule has 2 aromatic heterocycles. The summed E-state index contributed by atoms with van der Waals surface area (Å²) >= 11 is 6.00. The van der Waals surface area contributed by atoms with Crippen LogP contribution in [0.3, 0.4) is 0 Å². The lowest BCUT2D eigenvalue weighted by atomic mass is 9.98. The maximum absolute atomic E-state index is 6.00. The molecule has 1 saturated heterocycles. The zero-order chi connectivity index (χ0) is 13.2. The van der Waals surface area contributed by atoms with Crippen molar-refractivity contribution in [3.05, 3.63) is 11.5 Å². The van der Waals surface area contributed by atoms with Gasteiger partial charge in [-0.2, -0.15) is 15.1 Å². The van der Waals surface area contributed by atoms with Crippen LogP contribution >= 0.6 is 11.6 Å². The number of anilines is 1. The van der Waals surface area contributed by atoms with Gasteiger partial charge < -0.3 is 4.90 Å².